The Morgan fingerprint density at radius 1 is 1.38 bits per heavy atom. The van der Waals surface area contributed by atoms with Gasteiger partial charge in [-0.05, 0) is 23.8 Å². The minimum Gasteiger partial charge on any atom is -0.388 e. The number of carbonyl (C=O) groups excluding carboxylic acids is 1. The fraction of sp³-hybridized carbons (Fsp3) is 0.308. The van der Waals surface area contributed by atoms with E-state index in [4.69, 9.17) is 23.2 Å². The number of hydrogen-bond donors (Lipinski definition) is 2. The second kappa shape index (κ2) is 6.89. The summed E-state index contributed by atoms with van der Waals surface area (Å²) in [7, 11) is 1.74. The Morgan fingerprint density at radius 2 is 2.05 bits per heavy atom. The van der Waals surface area contributed by atoms with Gasteiger partial charge < -0.3 is 10.4 Å². The van der Waals surface area contributed by atoms with Crippen LogP contribution in [-0.4, -0.2) is 25.8 Å². The van der Waals surface area contributed by atoms with Crippen molar-refractivity contribution in [3.05, 3.63) is 46.0 Å². The van der Waals surface area contributed by atoms with Gasteiger partial charge in [-0.25, -0.2) is 4.98 Å². The molecule has 0 bridgehead atoms. The van der Waals surface area contributed by atoms with E-state index in [2.05, 4.69) is 15.4 Å². The predicted molar refractivity (Wildman–Crippen MR) is 78.9 cm³/mol. The summed E-state index contributed by atoms with van der Waals surface area (Å²) in [6.07, 6.45) is 0.478. The van der Waals surface area contributed by atoms with E-state index in [1.807, 2.05) is 0 Å². The largest absolute Gasteiger partial charge is 0.388 e. The number of rotatable bonds is 5. The van der Waals surface area contributed by atoms with E-state index in [0.29, 0.717) is 21.4 Å². The zero-order valence-electron chi connectivity index (χ0n) is 11.3. The first-order valence-electron chi connectivity index (χ1n) is 6.19. The number of halogens is 2. The Labute approximate surface area is 131 Å². The lowest BCUT2D eigenvalue weighted by Gasteiger charge is -2.11. The molecule has 6 nitrogen and oxygen atoms in total. The summed E-state index contributed by atoms with van der Waals surface area (Å²) in [6, 6.07) is 4.71. The molecule has 1 atom stereocenters. The van der Waals surface area contributed by atoms with Crippen molar-refractivity contribution in [2.24, 2.45) is 7.05 Å². The first-order chi connectivity index (χ1) is 9.94. The third-order valence-electron chi connectivity index (χ3n) is 2.74. The molecule has 0 saturated carbocycles. The van der Waals surface area contributed by atoms with E-state index in [1.54, 1.807) is 36.3 Å². The summed E-state index contributed by atoms with van der Waals surface area (Å²) in [5.74, 6) is 0.192. The van der Waals surface area contributed by atoms with Crippen LogP contribution in [-0.2, 0) is 18.4 Å². The molecule has 0 fully saturated rings. The number of benzene rings is 1. The molecule has 0 aliphatic rings. The summed E-state index contributed by atoms with van der Waals surface area (Å²) < 4.78 is 1.55. The molecule has 21 heavy (non-hydrogen) atoms. The molecule has 1 aromatic heterocycles. The van der Waals surface area contributed by atoms with Crippen LogP contribution in [0.3, 0.4) is 0 Å². The van der Waals surface area contributed by atoms with Crippen LogP contribution in [0.15, 0.2) is 24.5 Å². The zero-order valence-corrected chi connectivity index (χ0v) is 12.8. The highest BCUT2D eigenvalue weighted by molar-refractivity contribution is 6.34. The van der Waals surface area contributed by atoms with Crippen LogP contribution in [0.5, 0.6) is 0 Å². The van der Waals surface area contributed by atoms with Crippen molar-refractivity contribution in [1.29, 1.82) is 0 Å². The second-order valence-corrected chi connectivity index (χ2v) is 5.41. The van der Waals surface area contributed by atoms with E-state index < -0.39 is 6.10 Å². The first kappa shape index (κ1) is 15.8. The van der Waals surface area contributed by atoms with E-state index >= 15 is 0 Å². The molecule has 2 aromatic rings. The van der Waals surface area contributed by atoms with Crippen molar-refractivity contribution in [1.82, 2.24) is 20.1 Å². The number of hydrogen-bond acceptors (Lipinski definition) is 4. The van der Waals surface area contributed by atoms with E-state index in [9.17, 15) is 9.90 Å². The van der Waals surface area contributed by atoms with Gasteiger partial charge in [0.25, 0.3) is 0 Å². The average Bonchev–Trinajstić information content (AvgIpc) is 2.81. The van der Waals surface area contributed by atoms with Gasteiger partial charge in [0, 0.05) is 17.1 Å². The summed E-state index contributed by atoms with van der Waals surface area (Å²) in [6.45, 7) is 0.211. The molecule has 0 radical (unpaired) electrons. The fourth-order valence-electron chi connectivity index (χ4n) is 1.78. The Hall–Kier alpha value is -1.63. The highest BCUT2D eigenvalue weighted by atomic mass is 35.5. The molecule has 112 valence electrons. The number of nitrogens with zero attached hydrogens (tertiary/aromatic N) is 3. The van der Waals surface area contributed by atoms with Gasteiger partial charge in [0.1, 0.15) is 6.33 Å². The van der Waals surface area contributed by atoms with Gasteiger partial charge >= 0.3 is 0 Å². The molecule has 8 heteroatoms. The van der Waals surface area contributed by atoms with E-state index in [-0.39, 0.29) is 18.9 Å². The number of aryl methyl sites for hydroxylation is 1. The number of aromatic nitrogens is 3. The topological polar surface area (TPSA) is 80.0 Å². The van der Waals surface area contributed by atoms with Crippen LogP contribution in [0.25, 0.3) is 0 Å². The molecule has 2 rings (SSSR count). The van der Waals surface area contributed by atoms with Gasteiger partial charge in [-0.2, -0.15) is 5.10 Å². The zero-order chi connectivity index (χ0) is 15.4. The summed E-state index contributed by atoms with van der Waals surface area (Å²) >= 11 is 11.7. The maximum Gasteiger partial charge on any atom is 0.223 e. The fourth-order valence-corrected chi connectivity index (χ4v) is 2.32. The Kier molecular flexibility index (Phi) is 5.17. The lowest BCUT2D eigenvalue weighted by molar-refractivity contribution is -0.123. The predicted octanol–water partition coefficient (Wildman–Crippen LogP) is 1.86. The Bertz CT molecular complexity index is 625. The highest BCUT2D eigenvalue weighted by Crippen LogP contribution is 2.25. The number of aliphatic hydroxyl groups is 1. The van der Waals surface area contributed by atoms with Crippen molar-refractivity contribution in [3.8, 4) is 0 Å². The molecular formula is C13H14Cl2N4O2. The van der Waals surface area contributed by atoms with Gasteiger partial charge in [0.05, 0.1) is 19.1 Å². The van der Waals surface area contributed by atoms with Gasteiger partial charge in [0.2, 0.25) is 5.91 Å². The monoisotopic (exact) mass is 328 g/mol. The highest BCUT2D eigenvalue weighted by Gasteiger charge is 2.14. The molecule has 1 unspecified atom stereocenters. The smallest absolute Gasteiger partial charge is 0.223 e. The number of carbonyl (C=O) groups is 1. The molecular weight excluding hydrogens is 315 g/mol. The lowest BCUT2D eigenvalue weighted by atomic mass is 10.1. The maximum atomic E-state index is 11.8. The van der Waals surface area contributed by atoms with Crippen molar-refractivity contribution < 1.29 is 9.90 Å². The molecule has 1 heterocycles. The van der Waals surface area contributed by atoms with Crippen LogP contribution in [0.1, 0.15) is 23.9 Å². The van der Waals surface area contributed by atoms with Crippen LogP contribution in [0.4, 0.5) is 0 Å². The van der Waals surface area contributed by atoms with Crippen LogP contribution in [0.2, 0.25) is 10.0 Å². The molecule has 1 aromatic carbocycles. The first-order valence-corrected chi connectivity index (χ1v) is 6.95. The van der Waals surface area contributed by atoms with Crippen LogP contribution < -0.4 is 5.32 Å². The number of amides is 1. The second-order valence-electron chi connectivity index (χ2n) is 4.53. The molecule has 1 amide bonds. The summed E-state index contributed by atoms with van der Waals surface area (Å²) in [5, 5.41) is 17.5. The average molecular weight is 329 g/mol. The van der Waals surface area contributed by atoms with Crippen molar-refractivity contribution in [2.45, 2.75) is 19.1 Å². The Balaban J connectivity index is 1.89. The molecule has 2 N–H and O–H groups in total. The standard InChI is InChI=1S/C13H14Cl2N4O2/c1-19-7-17-12(18-19)6-16-13(21)5-11(20)8-2-9(14)4-10(15)3-8/h2-4,7,11,20H,5-6H2,1H3,(H,16,21). The minimum absolute atomic E-state index is 0.0937. The van der Waals surface area contributed by atoms with Crippen molar-refractivity contribution in [3.63, 3.8) is 0 Å². The number of aliphatic hydroxyl groups excluding tert-OH is 1. The minimum atomic E-state index is -0.974. The Morgan fingerprint density at radius 3 is 2.62 bits per heavy atom. The van der Waals surface area contributed by atoms with Crippen LogP contribution in [0, 0.1) is 0 Å². The van der Waals surface area contributed by atoms with Gasteiger partial charge in [-0.15, -0.1) is 0 Å². The van der Waals surface area contributed by atoms with Crippen molar-refractivity contribution in [2.75, 3.05) is 0 Å². The quantitative estimate of drug-likeness (QED) is 0.877. The number of nitrogens with one attached hydrogen (secondary N) is 1. The SMILES string of the molecule is Cn1cnc(CNC(=O)CC(O)c2cc(Cl)cc(Cl)c2)n1. The normalized spacial score (nSPS) is 12.2. The molecule has 0 spiro atoms. The third kappa shape index (κ3) is 4.70. The van der Waals surface area contributed by atoms with E-state index in [1.165, 1.54) is 0 Å². The summed E-state index contributed by atoms with van der Waals surface area (Å²) in [5.41, 5.74) is 0.499. The van der Waals surface area contributed by atoms with Crippen molar-refractivity contribution >= 4 is 29.1 Å². The molecule has 0 aliphatic carbocycles. The third-order valence-corrected chi connectivity index (χ3v) is 3.18. The summed E-state index contributed by atoms with van der Waals surface area (Å²) in [4.78, 5) is 15.8. The molecule has 0 saturated heterocycles. The maximum absolute atomic E-state index is 11.8. The van der Waals surface area contributed by atoms with Crippen LogP contribution >= 0.6 is 23.2 Å². The van der Waals surface area contributed by atoms with Gasteiger partial charge in [0.15, 0.2) is 5.82 Å². The van der Waals surface area contributed by atoms with E-state index in [0.717, 1.165) is 0 Å². The molecule has 0 aliphatic heterocycles. The lowest BCUT2D eigenvalue weighted by Crippen LogP contribution is -2.25. The van der Waals surface area contributed by atoms with Gasteiger partial charge in [-0.1, -0.05) is 23.2 Å². The van der Waals surface area contributed by atoms with Gasteiger partial charge in [-0.3, -0.25) is 9.48 Å².